The standard InChI is InChI=1S/C43H39B33/c1-14-15(2)20(7)27(21(8)16(14)3)33-29-23(10)18(5)17(4)22(9)28(29)26(13)32-30(33)24(11)19(6)25(12)31(32)35-38(62-45)37(44)34-36(39(35)66(49)63-46)40(67(50)71(51)52)42(68(64-47)72(53)54)43(69(73(55)56)74(57)58)41(34)70(75(59)60)76(61)65-48/h1-13H3. The van der Waals surface area contributed by atoms with Crippen molar-refractivity contribution in [2.24, 2.45) is 0 Å². The third-order valence-corrected chi connectivity index (χ3v) is 17.8. The topological polar surface area (TPSA) is 0 Å². The summed E-state index contributed by atoms with van der Waals surface area (Å²) in [5, 5.41) is 4.97. The number of hydrogen-bond acceptors (Lipinski definition) is 0. The summed E-state index contributed by atoms with van der Waals surface area (Å²) in [5.74, 6) is 0. The first-order chi connectivity index (χ1) is 35.4. The Kier molecular flexibility index (Phi) is 20.3. The van der Waals surface area contributed by atoms with Gasteiger partial charge in [0.2, 0.25) is 0 Å². The molecule has 0 saturated carbocycles. The van der Waals surface area contributed by atoms with Gasteiger partial charge in [-0.2, -0.15) is 0 Å². The Bertz CT molecular complexity index is 3240. The first-order valence-electron chi connectivity index (χ1n) is 25.9. The molecule has 0 saturated heterocycles. The lowest BCUT2D eigenvalue weighted by molar-refractivity contribution is 1.18. The molecule has 0 spiro atoms. The third-order valence-electron chi connectivity index (χ3n) is 17.8. The maximum atomic E-state index is 7.86. The highest BCUT2D eigenvalue weighted by atomic mass is 14.3. The first kappa shape index (κ1) is 63.4. The molecule has 0 atom stereocenters. The molecule has 0 bridgehead atoms. The van der Waals surface area contributed by atoms with Gasteiger partial charge in [0.1, 0.15) is 7.85 Å². The van der Waals surface area contributed by atoms with Crippen LogP contribution in [0.4, 0.5) is 0 Å². The fraction of sp³-hybridized carbons (Fsp3) is 0.302. The number of rotatable bonds is 17. The minimum atomic E-state index is -1.27. The minimum Gasteiger partial charge on any atom is -0.113 e. The van der Waals surface area contributed by atoms with Crippen molar-refractivity contribution >= 4 is 309 Å². The zero-order valence-electron chi connectivity index (χ0n) is 47.1. The van der Waals surface area contributed by atoms with Gasteiger partial charge in [0.15, 0.2) is 0 Å². The van der Waals surface area contributed by atoms with Crippen molar-refractivity contribution in [1.82, 2.24) is 0 Å². The summed E-state index contributed by atoms with van der Waals surface area (Å²) in [6.07, 6.45) is -7.34. The summed E-state index contributed by atoms with van der Waals surface area (Å²) >= 11 is 0. The van der Waals surface area contributed by atoms with E-state index in [0.29, 0.717) is 27.3 Å². The van der Waals surface area contributed by atoms with Crippen molar-refractivity contribution in [1.29, 1.82) is 0 Å². The molecule has 6 aromatic carbocycles. The molecule has 0 nitrogen and oxygen atoms in total. The summed E-state index contributed by atoms with van der Waals surface area (Å²) in [4.78, 5) is 0. The Morgan fingerprint density at radius 1 is 0.303 bits per heavy atom. The average molecular weight is 913 g/mol. The molecular formula is C43H39B33. The van der Waals surface area contributed by atoms with Crippen LogP contribution in [0.5, 0.6) is 0 Å². The molecule has 0 heterocycles. The van der Waals surface area contributed by atoms with Crippen LogP contribution in [0.15, 0.2) is 0 Å². The van der Waals surface area contributed by atoms with Crippen molar-refractivity contribution in [2.75, 3.05) is 0 Å². The van der Waals surface area contributed by atoms with Crippen molar-refractivity contribution < 1.29 is 0 Å². The van der Waals surface area contributed by atoms with Gasteiger partial charge < -0.3 is 0 Å². The second kappa shape index (κ2) is 24.4. The van der Waals surface area contributed by atoms with Crippen LogP contribution < -0.4 is 38.2 Å². The number of aryl methyl sites for hydroxylation is 4. The third kappa shape index (κ3) is 10.1. The molecule has 0 aliphatic carbocycles. The lowest BCUT2D eigenvalue weighted by Gasteiger charge is -2.42. The highest BCUT2D eigenvalue weighted by Crippen LogP contribution is 2.51. The average Bonchev–Trinajstić information content (AvgIpc) is 3.38. The maximum absolute atomic E-state index is 7.86. The van der Waals surface area contributed by atoms with E-state index in [-0.39, 0.29) is 27.2 Å². The van der Waals surface area contributed by atoms with E-state index in [2.05, 4.69) is 90.0 Å². The van der Waals surface area contributed by atoms with Crippen LogP contribution in [0, 0.1) is 90.0 Å². The predicted octanol–water partition coefficient (Wildman–Crippen LogP) is -5.85. The Labute approximate surface area is 490 Å². The lowest BCUT2D eigenvalue weighted by atomic mass is 8.66. The molecule has 0 fully saturated rings. The van der Waals surface area contributed by atoms with Gasteiger partial charge in [-0.15, -0.1) is 10.9 Å². The molecule has 310 valence electrons. The Morgan fingerprint density at radius 3 is 1.14 bits per heavy atom. The Morgan fingerprint density at radius 2 is 0.724 bits per heavy atom. The second-order valence-corrected chi connectivity index (χ2v) is 21.6. The van der Waals surface area contributed by atoms with Gasteiger partial charge in [-0.25, -0.2) is 0 Å². The van der Waals surface area contributed by atoms with Crippen LogP contribution in [0.25, 0.3) is 54.6 Å². The minimum absolute atomic E-state index is 0.136. The van der Waals surface area contributed by atoms with E-state index in [9.17, 15) is 0 Å². The molecule has 0 aliphatic heterocycles. The second-order valence-electron chi connectivity index (χ2n) is 21.6. The lowest BCUT2D eigenvalue weighted by Crippen LogP contribution is -2.80. The van der Waals surface area contributed by atoms with Crippen molar-refractivity contribution in [2.45, 2.75) is 90.0 Å². The molecule has 0 unspecified atom stereocenters. The molecule has 6 aromatic rings. The van der Waals surface area contributed by atoms with Gasteiger partial charge >= 0.3 is 0 Å². The van der Waals surface area contributed by atoms with E-state index < -0.39 is 70.8 Å². The Hall–Kier alpha value is -1.76. The van der Waals surface area contributed by atoms with Gasteiger partial charge in [-0.05, 0) is 217 Å². The summed E-state index contributed by atoms with van der Waals surface area (Å²) in [6, 6.07) is 0. The first-order valence-corrected chi connectivity index (χ1v) is 25.9. The normalized spacial score (nSPS) is 11.1. The fourth-order valence-electron chi connectivity index (χ4n) is 12.8. The summed E-state index contributed by atoms with van der Waals surface area (Å²) in [6.45, 7) is 22.8. The van der Waals surface area contributed by atoms with Gasteiger partial charge in [-0.1, -0.05) is 27.3 Å². The van der Waals surface area contributed by atoms with Crippen molar-refractivity contribution in [3.8, 4) is 22.3 Å². The van der Waals surface area contributed by atoms with Crippen LogP contribution in [0.1, 0.15) is 72.3 Å². The van der Waals surface area contributed by atoms with E-state index in [4.69, 9.17) is 139 Å². The van der Waals surface area contributed by atoms with Crippen LogP contribution in [0.3, 0.4) is 0 Å². The molecule has 40 radical (unpaired) electrons. The molecule has 0 aliphatic rings. The summed E-state index contributed by atoms with van der Waals surface area (Å²) in [7, 11) is 130. The summed E-state index contributed by atoms with van der Waals surface area (Å²) in [5.41, 5.74) is 20.7. The van der Waals surface area contributed by atoms with E-state index in [0.717, 1.165) is 55.1 Å². The molecular weight excluding hydrogens is 873 g/mol. The monoisotopic (exact) mass is 919 g/mol. The number of fused-ring (bicyclic) bond motifs is 3. The van der Waals surface area contributed by atoms with Gasteiger partial charge in [0.25, 0.3) is 0 Å². The molecule has 76 heavy (non-hydrogen) atoms. The van der Waals surface area contributed by atoms with E-state index >= 15 is 0 Å². The van der Waals surface area contributed by atoms with Gasteiger partial charge in [-0.3, -0.25) is 0 Å². The molecule has 0 aromatic heterocycles. The van der Waals surface area contributed by atoms with E-state index in [1.165, 1.54) is 83.8 Å². The van der Waals surface area contributed by atoms with E-state index in [1.54, 1.807) is 0 Å². The number of benzene rings is 6. The van der Waals surface area contributed by atoms with E-state index in [1.807, 2.05) is 0 Å². The summed E-state index contributed by atoms with van der Waals surface area (Å²) < 4.78 is 0. The highest BCUT2D eigenvalue weighted by molar-refractivity contribution is 7.89. The smallest absolute Gasteiger partial charge is 0.113 e. The quantitative estimate of drug-likeness (QED) is 0.0634. The maximum Gasteiger partial charge on any atom is 0.113 e. The fourth-order valence-corrected chi connectivity index (χ4v) is 12.8. The molecule has 33 heteroatoms. The SMILES string of the molecule is [B][B]B([B])B(B([B])[B])c1c(B(B([B])[B])B([B])[B])c(B([B][B])B([B])[B])c(B([B])B([B])[B])c2c(B([B])[B][B])c(-c3c(C)c(C)c(C)c4c(-c5c(C)c(C)c(C)c(C)c5C)c5c(C)c(C)c(C)c(C)c5c(C)c34)c([B][B])c([B])c12. The van der Waals surface area contributed by atoms with Crippen molar-refractivity contribution in [3.05, 3.63) is 72.3 Å². The Balaban J connectivity index is 2.24. The number of hydrogen-bond donors (Lipinski definition) is 0. The predicted molar refractivity (Wildman–Crippen MR) is 379 cm³/mol. The van der Waals surface area contributed by atoms with Crippen LogP contribution >= 0.6 is 0 Å². The van der Waals surface area contributed by atoms with Gasteiger partial charge in [0, 0.05) is 191 Å². The molecule has 0 amide bonds. The van der Waals surface area contributed by atoms with Crippen LogP contribution in [-0.4, -0.2) is 239 Å². The van der Waals surface area contributed by atoms with Crippen molar-refractivity contribution in [3.63, 3.8) is 0 Å². The molecule has 6 rings (SSSR count). The molecule has 0 N–H and O–H groups in total. The highest BCUT2D eigenvalue weighted by Gasteiger charge is 2.42. The van der Waals surface area contributed by atoms with Crippen LogP contribution in [0.2, 0.25) is 0 Å². The zero-order chi connectivity index (χ0) is 57.5. The van der Waals surface area contributed by atoms with Gasteiger partial charge in [0.05, 0.1) is 39.6 Å². The zero-order valence-corrected chi connectivity index (χ0v) is 47.1. The largest absolute Gasteiger partial charge is 0.113 e. The van der Waals surface area contributed by atoms with Crippen LogP contribution in [-0.2, 0) is 0 Å².